The molecule has 19 heavy (non-hydrogen) atoms. The fourth-order valence-electron chi connectivity index (χ4n) is 2.01. The molecule has 104 valence electrons. The van der Waals surface area contributed by atoms with E-state index in [1.165, 1.54) is 0 Å². The van der Waals surface area contributed by atoms with Crippen LogP contribution in [-0.4, -0.2) is 35.0 Å². The predicted molar refractivity (Wildman–Crippen MR) is 80.8 cm³/mol. The van der Waals surface area contributed by atoms with Crippen molar-refractivity contribution < 1.29 is 4.79 Å². The van der Waals surface area contributed by atoms with Gasteiger partial charge in [0.1, 0.15) is 11.5 Å². The average molecular weight is 279 g/mol. The maximum atomic E-state index is 12.1. The number of hydrogen-bond acceptors (Lipinski definition) is 4. The third kappa shape index (κ3) is 4.42. The molecule has 0 saturated carbocycles. The van der Waals surface area contributed by atoms with Gasteiger partial charge in [0, 0.05) is 12.6 Å². The summed E-state index contributed by atoms with van der Waals surface area (Å²) in [5.41, 5.74) is 0.499. The molecule has 1 aromatic heterocycles. The molecule has 0 bridgehead atoms. The molecule has 5 heteroatoms. The summed E-state index contributed by atoms with van der Waals surface area (Å²) in [4.78, 5) is 16.5. The SMILES string of the molecule is CCCNc1cccc(C(=O)NC2CCSCC2)n1. The van der Waals surface area contributed by atoms with Crippen LogP contribution in [0, 0.1) is 0 Å². The lowest BCUT2D eigenvalue weighted by Crippen LogP contribution is -2.37. The maximum Gasteiger partial charge on any atom is 0.270 e. The second-order valence-corrected chi connectivity index (χ2v) is 5.92. The number of rotatable bonds is 5. The molecule has 0 unspecified atom stereocenters. The number of carbonyl (C=O) groups is 1. The summed E-state index contributed by atoms with van der Waals surface area (Å²) in [6, 6.07) is 5.84. The molecule has 2 heterocycles. The highest BCUT2D eigenvalue weighted by Gasteiger charge is 2.17. The topological polar surface area (TPSA) is 54.0 Å². The molecule has 1 saturated heterocycles. The number of pyridine rings is 1. The van der Waals surface area contributed by atoms with Crippen LogP contribution < -0.4 is 10.6 Å². The quantitative estimate of drug-likeness (QED) is 0.869. The lowest BCUT2D eigenvalue weighted by molar-refractivity contribution is 0.0930. The highest BCUT2D eigenvalue weighted by atomic mass is 32.2. The Kier molecular flexibility index (Phi) is 5.51. The van der Waals surface area contributed by atoms with Gasteiger partial charge in [0.25, 0.3) is 5.91 Å². The number of amides is 1. The second kappa shape index (κ2) is 7.38. The van der Waals surface area contributed by atoms with Crippen LogP contribution in [0.5, 0.6) is 0 Å². The molecule has 0 spiro atoms. The van der Waals surface area contributed by atoms with E-state index in [2.05, 4.69) is 22.5 Å². The van der Waals surface area contributed by atoms with Crippen LogP contribution in [-0.2, 0) is 0 Å². The van der Waals surface area contributed by atoms with Crippen LogP contribution in [0.4, 0.5) is 5.82 Å². The fraction of sp³-hybridized carbons (Fsp3) is 0.571. The van der Waals surface area contributed by atoms with Crippen molar-refractivity contribution in [3.63, 3.8) is 0 Å². The molecular weight excluding hydrogens is 258 g/mol. The molecule has 0 aromatic carbocycles. The van der Waals surface area contributed by atoms with Crippen LogP contribution in [0.1, 0.15) is 36.7 Å². The Bertz CT molecular complexity index is 419. The van der Waals surface area contributed by atoms with E-state index in [0.717, 1.165) is 43.1 Å². The Hall–Kier alpha value is -1.23. The fourth-order valence-corrected chi connectivity index (χ4v) is 3.12. The van der Waals surface area contributed by atoms with Gasteiger partial charge in [-0.3, -0.25) is 4.79 Å². The molecule has 0 atom stereocenters. The van der Waals surface area contributed by atoms with E-state index in [1.807, 2.05) is 23.9 Å². The highest BCUT2D eigenvalue weighted by Crippen LogP contribution is 2.17. The Balaban J connectivity index is 1.93. The first kappa shape index (κ1) is 14.2. The van der Waals surface area contributed by atoms with E-state index in [1.54, 1.807) is 6.07 Å². The summed E-state index contributed by atoms with van der Waals surface area (Å²) < 4.78 is 0. The van der Waals surface area contributed by atoms with Crippen molar-refractivity contribution >= 4 is 23.5 Å². The van der Waals surface area contributed by atoms with Gasteiger partial charge < -0.3 is 10.6 Å². The molecule has 4 nitrogen and oxygen atoms in total. The van der Waals surface area contributed by atoms with E-state index < -0.39 is 0 Å². The first-order chi connectivity index (χ1) is 9.29. The van der Waals surface area contributed by atoms with Gasteiger partial charge in [0.15, 0.2) is 0 Å². The lowest BCUT2D eigenvalue weighted by Gasteiger charge is -2.22. The van der Waals surface area contributed by atoms with Gasteiger partial charge in [-0.15, -0.1) is 0 Å². The van der Waals surface area contributed by atoms with Crippen molar-refractivity contribution in [3.05, 3.63) is 23.9 Å². The van der Waals surface area contributed by atoms with E-state index in [9.17, 15) is 4.79 Å². The number of nitrogens with one attached hydrogen (secondary N) is 2. The Labute approximate surface area is 118 Å². The molecule has 1 fully saturated rings. The molecule has 0 aliphatic carbocycles. The normalized spacial score (nSPS) is 16.1. The standard InChI is InChI=1S/C14H21N3OS/c1-2-8-15-13-5-3-4-12(17-13)14(18)16-11-6-9-19-10-7-11/h3-5,11H,2,6-10H2,1H3,(H,15,17)(H,16,18). The summed E-state index contributed by atoms with van der Waals surface area (Å²) >= 11 is 1.96. The number of thioether (sulfide) groups is 1. The molecule has 1 aliphatic rings. The number of hydrogen-bond donors (Lipinski definition) is 2. The zero-order chi connectivity index (χ0) is 13.5. The van der Waals surface area contributed by atoms with Gasteiger partial charge in [-0.05, 0) is 42.9 Å². The van der Waals surface area contributed by atoms with Crippen LogP contribution >= 0.6 is 11.8 Å². The summed E-state index contributed by atoms with van der Waals surface area (Å²) in [6.45, 7) is 2.97. The number of carbonyl (C=O) groups excluding carboxylic acids is 1. The molecule has 1 aromatic rings. The van der Waals surface area contributed by atoms with Crippen molar-refractivity contribution in [3.8, 4) is 0 Å². The average Bonchev–Trinajstić information content (AvgIpc) is 2.46. The largest absolute Gasteiger partial charge is 0.370 e. The smallest absolute Gasteiger partial charge is 0.270 e. The summed E-state index contributed by atoms with van der Waals surface area (Å²) in [5.74, 6) is 2.98. The van der Waals surface area contributed by atoms with Gasteiger partial charge in [-0.2, -0.15) is 11.8 Å². The van der Waals surface area contributed by atoms with Crippen LogP contribution in [0.2, 0.25) is 0 Å². The Morgan fingerprint density at radius 1 is 1.42 bits per heavy atom. The van der Waals surface area contributed by atoms with Gasteiger partial charge >= 0.3 is 0 Å². The number of anilines is 1. The third-order valence-corrected chi connectivity index (χ3v) is 4.14. The van der Waals surface area contributed by atoms with Crippen LogP contribution in [0.15, 0.2) is 18.2 Å². The molecule has 1 aliphatic heterocycles. The third-order valence-electron chi connectivity index (χ3n) is 3.09. The van der Waals surface area contributed by atoms with Crippen molar-refractivity contribution in [2.24, 2.45) is 0 Å². The van der Waals surface area contributed by atoms with Gasteiger partial charge in [-0.1, -0.05) is 13.0 Å². The van der Waals surface area contributed by atoms with Crippen LogP contribution in [0.3, 0.4) is 0 Å². The van der Waals surface area contributed by atoms with Crippen LogP contribution in [0.25, 0.3) is 0 Å². The minimum atomic E-state index is -0.0583. The first-order valence-corrected chi connectivity index (χ1v) is 8.04. The van der Waals surface area contributed by atoms with Gasteiger partial charge in [0.05, 0.1) is 0 Å². The Morgan fingerprint density at radius 2 is 2.21 bits per heavy atom. The maximum absolute atomic E-state index is 12.1. The number of nitrogens with zero attached hydrogens (tertiary/aromatic N) is 1. The summed E-state index contributed by atoms with van der Waals surface area (Å²) in [5, 5.41) is 6.27. The van der Waals surface area contributed by atoms with Crippen molar-refractivity contribution in [2.45, 2.75) is 32.2 Å². The summed E-state index contributed by atoms with van der Waals surface area (Å²) in [6.07, 6.45) is 3.16. The minimum Gasteiger partial charge on any atom is -0.370 e. The highest BCUT2D eigenvalue weighted by molar-refractivity contribution is 7.99. The Morgan fingerprint density at radius 3 is 2.95 bits per heavy atom. The van der Waals surface area contributed by atoms with E-state index in [4.69, 9.17) is 0 Å². The van der Waals surface area contributed by atoms with Gasteiger partial charge in [0.2, 0.25) is 0 Å². The second-order valence-electron chi connectivity index (χ2n) is 4.69. The van der Waals surface area contributed by atoms with Gasteiger partial charge in [-0.25, -0.2) is 4.98 Å². The monoisotopic (exact) mass is 279 g/mol. The zero-order valence-electron chi connectivity index (χ0n) is 11.3. The minimum absolute atomic E-state index is 0.0583. The molecular formula is C14H21N3OS. The predicted octanol–water partition coefficient (Wildman–Crippen LogP) is 2.53. The number of aromatic nitrogens is 1. The molecule has 2 N–H and O–H groups in total. The van der Waals surface area contributed by atoms with Crippen molar-refractivity contribution in [2.75, 3.05) is 23.4 Å². The van der Waals surface area contributed by atoms with E-state index in [0.29, 0.717) is 11.7 Å². The molecule has 1 amide bonds. The lowest BCUT2D eigenvalue weighted by atomic mass is 10.1. The first-order valence-electron chi connectivity index (χ1n) is 6.89. The molecule has 0 radical (unpaired) electrons. The van der Waals surface area contributed by atoms with E-state index >= 15 is 0 Å². The summed E-state index contributed by atoms with van der Waals surface area (Å²) in [7, 11) is 0. The van der Waals surface area contributed by atoms with Crippen molar-refractivity contribution in [1.29, 1.82) is 0 Å². The zero-order valence-corrected chi connectivity index (χ0v) is 12.1. The van der Waals surface area contributed by atoms with E-state index in [-0.39, 0.29) is 5.91 Å². The van der Waals surface area contributed by atoms with Crippen molar-refractivity contribution in [1.82, 2.24) is 10.3 Å². The molecule has 2 rings (SSSR count).